The average molecular weight is 531 g/mol. The first-order valence-corrected chi connectivity index (χ1v) is 16.0. The van der Waals surface area contributed by atoms with E-state index in [1.54, 1.807) is 0 Å². The fourth-order valence-corrected chi connectivity index (χ4v) is 8.85. The van der Waals surface area contributed by atoms with Gasteiger partial charge in [-0.1, -0.05) is 158 Å². The van der Waals surface area contributed by atoms with E-state index in [-0.39, 0.29) is 0 Å². The molecule has 38 heavy (non-hydrogen) atoms. The summed E-state index contributed by atoms with van der Waals surface area (Å²) >= 11 is 0. The van der Waals surface area contributed by atoms with Crippen molar-refractivity contribution in [2.24, 2.45) is 0 Å². The van der Waals surface area contributed by atoms with Gasteiger partial charge in [0.05, 0.1) is 0 Å². The van der Waals surface area contributed by atoms with Gasteiger partial charge in [-0.2, -0.15) is 0 Å². The lowest BCUT2D eigenvalue weighted by Gasteiger charge is -2.15. The molecule has 5 rings (SSSR count). The number of hydrogen-bond donors (Lipinski definition) is 0. The fourth-order valence-electron chi connectivity index (χ4n) is 4.34. The maximum absolute atomic E-state index is 14.2. The van der Waals surface area contributed by atoms with E-state index in [1.807, 2.05) is 169 Å². The van der Waals surface area contributed by atoms with E-state index in [1.165, 1.54) is 0 Å². The van der Waals surface area contributed by atoms with Crippen molar-refractivity contribution in [3.8, 4) is 0 Å². The van der Waals surface area contributed by atoms with Gasteiger partial charge in [0.2, 0.25) is 0 Å². The van der Waals surface area contributed by atoms with E-state index in [9.17, 15) is 9.13 Å². The Labute approximate surface area is 224 Å². The lowest BCUT2D eigenvalue weighted by molar-refractivity contribution is 0.591. The summed E-state index contributed by atoms with van der Waals surface area (Å²) in [5.41, 5.74) is 1.90. The second kappa shape index (κ2) is 11.6. The molecule has 186 valence electrons. The molecule has 0 saturated heterocycles. The van der Waals surface area contributed by atoms with E-state index in [2.05, 4.69) is 0 Å². The van der Waals surface area contributed by atoms with Gasteiger partial charge in [0, 0.05) is 21.2 Å². The van der Waals surface area contributed by atoms with E-state index < -0.39 is 14.3 Å². The zero-order valence-electron chi connectivity index (χ0n) is 20.9. The topological polar surface area (TPSA) is 34.1 Å². The molecule has 0 aliphatic rings. The monoisotopic (exact) mass is 530 g/mol. The fraction of sp³-hybridized carbons (Fsp3) is 0. The van der Waals surface area contributed by atoms with Crippen LogP contribution >= 0.6 is 14.3 Å². The Morgan fingerprint density at radius 3 is 0.816 bits per heavy atom. The summed E-state index contributed by atoms with van der Waals surface area (Å²) in [6.45, 7) is 0. The van der Waals surface area contributed by atoms with Crippen molar-refractivity contribution in [1.82, 2.24) is 0 Å². The number of rotatable bonds is 8. The van der Waals surface area contributed by atoms with Crippen molar-refractivity contribution < 1.29 is 9.13 Å². The molecule has 0 aromatic heterocycles. The quantitative estimate of drug-likeness (QED) is 0.193. The predicted octanol–water partition coefficient (Wildman–Crippen LogP) is 7.66. The van der Waals surface area contributed by atoms with E-state index in [4.69, 9.17) is 0 Å². The SMILES string of the molecule is O=P(C=Cc1ccc(C=CP(=O)(c2ccccc2)c2ccccc2)cc1)(c1ccccc1)c1ccccc1. The van der Waals surface area contributed by atoms with Crippen LogP contribution in [0.1, 0.15) is 11.1 Å². The van der Waals surface area contributed by atoms with Crippen LogP contribution in [0, 0.1) is 0 Å². The van der Waals surface area contributed by atoms with Gasteiger partial charge < -0.3 is 9.13 Å². The van der Waals surface area contributed by atoms with Crippen molar-refractivity contribution in [3.05, 3.63) is 168 Å². The predicted molar refractivity (Wildman–Crippen MR) is 164 cm³/mol. The van der Waals surface area contributed by atoms with Gasteiger partial charge in [-0.25, -0.2) is 0 Å². The van der Waals surface area contributed by atoms with Crippen molar-refractivity contribution in [2.45, 2.75) is 0 Å². The molecule has 0 radical (unpaired) electrons. The summed E-state index contributed by atoms with van der Waals surface area (Å²) in [5, 5.41) is 3.22. The third-order valence-electron chi connectivity index (χ3n) is 6.45. The highest BCUT2D eigenvalue weighted by molar-refractivity contribution is 7.82. The maximum atomic E-state index is 14.2. The highest BCUT2D eigenvalue weighted by atomic mass is 31.2. The van der Waals surface area contributed by atoms with E-state index in [0.717, 1.165) is 32.3 Å². The summed E-state index contributed by atoms with van der Waals surface area (Å²) in [7, 11) is -5.87. The highest BCUT2D eigenvalue weighted by Crippen LogP contribution is 2.46. The Morgan fingerprint density at radius 1 is 0.342 bits per heavy atom. The van der Waals surface area contributed by atoms with Crippen LogP contribution in [0.3, 0.4) is 0 Å². The molecule has 2 nitrogen and oxygen atoms in total. The molecular formula is C34H28O2P2. The molecule has 0 amide bonds. The van der Waals surface area contributed by atoms with Crippen LogP contribution in [0.25, 0.3) is 12.2 Å². The zero-order valence-corrected chi connectivity index (χ0v) is 22.7. The summed E-state index contributed by atoms with van der Waals surface area (Å²) < 4.78 is 28.4. The first-order valence-electron chi connectivity index (χ1n) is 12.5. The number of benzene rings is 5. The van der Waals surface area contributed by atoms with Crippen LogP contribution in [0.4, 0.5) is 0 Å². The molecule has 0 N–H and O–H groups in total. The van der Waals surface area contributed by atoms with Crippen LogP contribution in [0.2, 0.25) is 0 Å². The Balaban J connectivity index is 1.43. The Morgan fingerprint density at radius 2 is 0.579 bits per heavy atom. The lowest BCUT2D eigenvalue weighted by atomic mass is 10.1. The molecule has 4 heteroatoms. The van der Waals surface area contributed by atoms with Gasteiger partial charge in [-0.05, 0) is 22.8 Å². The molecule has 5 aromatic rings. The molecular weight excluding hydrogens is 502 g/mol. The second-order valence-electron chi connectivity index (χ2n) is 8.96. The second-order valence-corrected chi connectivity index (χ2v) is 14.3. The lowest BCUT2D eigenvalue weighted by Crippen LogP contribution is -2.13. The van der Waals surface area contributed by atoms with Crippen LogP contribution in [-0.4, -0.2) is 0 Å². The van der Waals surface area contributed by atoms with Gasteiger partial charge >= 0.3 is 0 Å². The molecule has 0 atom stereocenters. The first-order chi connectivity index (χ1) is 18.6. The minimum Gasteiger partial charge on any atom is -0.309 e. The molecule has 0 aliphatic heterocycles. The van der Waals surface area contributed by atoms with Crippen molar-refractivity contribution in [1.29, 1.82) is 0 Å². The third-order valence-corrected chi connectivity index (χ3v) is 11.8. The van der Waals surface area contributed by atoms with Crippen molar-refractivity contribution in [3.63, 3.8) is 0 Å². The van der Waals surface area contributed by atoms with Gasteiger partial charge in [-0.3, -0.25) is 0 Å². The molecule has 0 saturated carbocycles. The van der Waals surface area contributed by atoms with Gasteiger partial charge in [0.1, 0.15) is 0 Å². The Hall–Kier alpha value is -3.96. The van der Waals surface area contributed by atoms with Crippen molar-refractivity contribution in [2.75, 3.05) is 0 Å². The molecule has 0 spiro atoms. The molecule has 0 fully saturated rings. The van der Waals surface area contributed by atoms with Crippen LogP contribution in [0.5, 0.6) is 0 Å². The molecule has 0 heterocycles. The van der Waals surface area contributed by atoms with E-state index in [0.29, 0.717) is 0 Å². The third kappa shape index (κ3) is 5.63. The highest BCUT2D eigenvalue weighted by Gasteiger charge is 2.24. The van der Waals surface area contributed by atoms with Crippen molar-refractivity contribution >= 4 is 47.7 Å². The van der Waals surface area contributed by atoms with Gasteiger partial charge in [-0.15, -0.1) is 0 Å². The number of hydrogen-bond acceptors (Lipinski definition) is 2. The Bertz CT molecular complexity index is 1410. The first kappa shape index (κ1) is 25.7. The molecule has 0 bridgehead atoms. The normalized spacial score (nSPS) is 12.2. The summed E-state index contributed by atoms with van der Waals surface area (Å²) in [4.78, 5) is 0. The minimum atomic E-state index is -2.94. The molecule has 0 unspecified atom stereocenters. The van der Waals surface area contributed by atoms with Crippen LogP contribution in [0.15, 0.2) is 157 Å². The Kier molecular flexibility index (Phi) is 7.85. The molecule has 0 aliphatic carbocycles. The van der Waals surface area contributed by atoms with E-state index >= 15 is 0 Å². The standard InChI is InChI=1S/C34H28O2P2/c35-37(31-13-5-1-6-14-31,32-15-7-2-8-16-32)27-25-29-21-23-30(24-22-29)26-28-38(36,33-17-9-3-10-18-33)34-19-11-4-12-20-34/h1-28H. The maximum Gasteiger partial charge on any atom is 0.164 e. The smallest absolute Gasteiger partial charge is 0.164 e. The summed E-state index contributed by atoms with van der Waals surface area (Å²) in [5.74, 6) is 3.67. The molecule has 5 aromatic carbocycles. The van der Waals surface area contributed by atoms with Crippen LogP contribution in [-0.2, 0) is 9.13 Å². The van der Waals surface area contributed by atoms with Gasteiger partial charge in [0.25, 0.3) is 0 Å². The average Bonchev–Trinajstić information content (AvgIpc) is 3.01. The largest absolute Gasteiger partial charge is 0.309 e. The minimum absolute atomic E-state index is 0.805. The van der Waals surface area contributed by atoms with Crippen LogP contribution < -0.4 is 21.2 Å². The zero-order chi connectivity index (χ0) is 26.3. The summed E-state index contributed by atoms with van der Waals surface area (Å²) in [6.07, 6.45) is 3.85. The summed E-state index contributed by atoms with van der Waals surface area (Å²) in [6, 6.07) is 46.4. The van der Waals surface area contributed by atoms with Gasteiger partial charge in [0.15, 0.2) is 14.3 Å².